The van der Waals surface area contributed by atoms with Crippen LogP contribution in [0.25, 0.3) is 0 Å². The molecular weight excluding hydrogens is 1070 g/mol. The maximum absolute atomic E-state index is 15.4. The maximum atomic E-state index is 15.4. The molecular formula is C57H88O24. The van der Waals surface area contributed by atoms with Gasteiger partial charge in [-0.05, 0) is 116 Å². The molecule has 5 aliphatic carbocycles. The van der Waals surface area contributed by atoms with Crippen molar-refractivity contribution in [2.24, 2.45) is 50.2 Å². The molecule has 4 heterocycles. The Labute approximate surface area is 471 Å². The zero-order valence-corrected chi connectivity index (χ0v) is 48.0. The number of aliphatic carboxylic acids is 1. The van der Waals surface area contributed by atoms with Gasteiger partial charge in [0, 0.05) is 13.8 Å². The van der Waals surface area contributed by atoms with E-state index in [0.29, 0.717) is 51.4 Å². The van der Waals surface area contributed by atoms with E-state index in [4.69, 9.17) is 47.4 Å². The standard InChI is InChI=1S/C57H88O24/c1-24-34(61)36(63)38(65)48(73-24)78-43-39(66)44(46(69)70)79-49(41(43)68)77-33-14-15-54(8)31(53(33,6)7)13-16-56(10)32(54)12-11-27-28-21-52(4,5)17-19-57(28,20-18-55(27,56)9)51(71)81-50-45(37(64)35(62)29(22-58)76-50)80-47-40(67)42(75-26(3)60)30(23-72-47)74-25(2)59/h11,24,28-45,47-50,58,61-68H,12-23H2,1-10H3,(H,69,70)/t24-,28-,29+,30+,31-,32+,33-,34-,35+,36+,37-,38+,39-,40+,41+,42-,43-,44-,45-,47-,48-,49+,50-,54-,55+,56+,57-/m0/s1. The molecule has 10 N–H and O–H groups in total. The Hall–Kier alpha value is -3.02. The van der Waals surface area contributed by atoms with Gasteiger partial charge >= 0.3 is 23.9 Å². The van der Waals surface area contributed by atoms with E-state index in [-0.39, 0.29) is 34.0 Å². The van der Waals surface area contributed by atoms with E-state index < -0.39 is 176 Å². The molecule has 81 heavy (non-hydrogen) atoms. The van der Waals surface area contributed by atoms with Crippen LogP contribution in [0.2, 0.25) is 0 Å². The molecule has 460 valence electrons. The van der Waals surface area contributed by atoms with Crippen LogP contribution in [0.5, 0.6) is 0 Å². The summed E-state index contributed by atoms with van der Waals surface area (Å²) < 4.78 is 58.7. The lowest BCUT2D eigenvalue weighted by Crippen LogP contribution is -2.67. The second-order valence-electron chi connectivity index (χ2n) is 27.0. The molecule has 0 radical (unpaired) electrons. The molecule has 9 aliphatic rings. The molecule has 27 atom stereocenters. The Balaban J connectivity index is 0.950. The van der Waals surface area contributed by atoms with Crippen molar-refractivity contribution in [1.29, 1.82) is 0 Å². The summed E-state index contributed by atoms with van der Waals surface area (Å²) in [6.45, 7) is 18.2. The van der Waals surface area contributed by atoms with E-state index in [1.165, 1.54) is 12.5 Å². The van der Waals surface area contributed by atoms with Crippen molar-refractivity contribution in [2.45, 2.75) is 256 Å². The lowest BCUT2D eigenvalue weighted by atomic mass is 9.33. The number of ether oxygens (including phenoxy) is 10. The third-order valence-electron chi connectivity index (χ3n) is 21.5. The minimum absolute atomic E-state index is 0.0609. The van der Waals surface area contributed by atoms with Gasteiger partial charge in [0.05, 0.1) is 30.8 Å². The molecule has 4 aliphatic heterocycles. The van der Waals surface area contributed by atoms with Gasteiger partial charge in [0.15, 0.2) is 43.3 Å². The van der Waals surface area contributed by atoms with E-state index >= 15 is 4.79 Å². The summed E-state index contributed by atoms with van der Waals surface area (Å²) in [6, 6.07) is 0. The van der Waals surface area contributed by atoms with Crippen LogP contribution >= 0.6 is 0 Å². The lowest BCUT2D eigenvalue weighted by Gasteiger charge is -2.71. The number of fused-ring (bicyclic) bond motifs is 7. The number of carboxylic acids is 1. The summed E-state index contributed by atoms with van der Waals surface area (Å²) in [7, 11) is 0. The van der Waals surface area contributed by atoms with Crippen molar-refractivity contribution in [3.63, 3.8) is 0 Å². The molecule has 24 nitrogen and oxygen atoms in total. The van der Waals surface area contributed by atoms with Gasteiger partial charge in [0.2, 0.25) is 6.29 Å². The van der Waals surface area contributed by atoms with Gasteiger partial charge in [0.1, 0.15) is 61.0 Å². The van der Waals surface area contributed by atoms with E-state index in [1.807, 2.05) is 0 Å². The van der Waals surface area contributed by atoms with E-state index in [0.717, 1.165) is 26.7 Å². The molecule has 9 rings (SSSR count). The SMILES string of the molecule is CC(=O)O[C@@H]1[C@@H](O)[C@H](O[C@@H]2[C@H](OC(=O)[C@]34CCC(C)(C)C[C@H]3C3=CC[C@@H]5[C@@]6(C)CC[C@H](O[C@@H]7O[C@H](C(=O)O)[C@@H](O)[C@H](O[C@@H]8O[C@@H](C)[C@H](O)[C@@H](O)[C@H]8O)[C@H]7O)C(C)(C)[C@@H]6CC[C@@]5(C)[C@]3(C)CC4)O[C@H](CO)[C@@H](O)[C@@H]2O)OC[C@H]1OC(C)=O. The zero-order chi connectivity index (χ0) is 59.4. The first-order valence-corrected chi connectivity index (χ1v) is 28.9. The van der Waals surface area contributed by atoms with E-state index in [9.17, 15) is 65.4 Å². The number of carbonyl (C=O) groups excluding carboxylic acids is 3. The summed E-state index contributed by atoms with van der Waals surface area (Å²) >= 11 is 0. The number of carbonyl (C=O) groups is 4. The molecule has 0 amide bonds. The average molecular weight is 1160 g/mol. The lowest BCUT2D eigenvalue weighted by molar-refractivity contribution is -0.363. The number of esters is 3. The fourth-order valence-electron chi connectivity index (χ4n) is 16.8. The highest BCUT2D eigenvalue weighted by Crippen LogP contribution is 2.76. The van der Waals surface area contributed by atoms with Gasteiger partial charge < -0.3 is 98.4 Å². The van der Waals surface area contributed by atoms with Crippen LogP contribution in [0.3, 0.4) is 0 Å². The van der Waals surface area contributed by atoms with Crippen LogP contribution in [0.1, 0.15) is 133 Å². The molecule has 0 spiro atoms. The van der Waals surface area contributed by atoms with E-state index in [1.54, 1.807) is 0 Å². The van der Waals surface area contributed by atoms with Crippen molar-refractivity contribution in [3.8, 4) is 0 Å². The van der Waals surface area contributed by atoms with Crippen LogP contribution in [0.15, 0.2) is 11.6 Å². The highest BCUT2D eigenvalue weighted by atomic mass is 16.8. The number of aliphatic hydroxyl groups excluding tert-OH is 9. The molecule has 0 unspecified atom stereocenters. The molecule has 24 heteroatoms. The summed E-state index contributed by atoms with van der Waals surface area (Å²) in [5.74, 6) is -3.75. The predicted molar refractivity (Wildman–Crippen MR) is 275 cm³/mol. The number of allylic oxidation sites excluding steroid dienone is 2. The molecule has 4 saturated heterocycles. The quantitative estimate of drug-likeness (QED) is 0.0561. The average Bonchev–Trinajstić information content (AvgIpc) is 3.42. The minimum Gasteiger partial charge on any atom is -0.479 e. The molecule has 0 aromatic rings. The Morgan fingerprint density at radius 2 is 1.26 bits per heavy atom. The van der Waals surface area contributed by atoms with E-state index in [2.05, 4.69) is 54.5 Å². The van der Waals surface area contributed by atoms with Crippen molar-refractivity contribution in [3.05, 3.63) is 11.6 Å². The van der Waals surface area contributed by atoms with Crippen LogP contribution in [-0.4, -0.2) is 211 Å². The maximum Gasteiger partial charge on any atom is 0.335 e. The highest BCUT2D eigenvalue weighted by Gasteiger charge is 2.70. The van der Waals surface area contributed by atoms with Crippen LogP contribution in [-0.2, 0) is 66.5 Å². The molecule has 0 aromatic carbocycles. The van der Waals surface area contributed by atoms with Gasteiger partial charge in [0.25, 0.3) is 0 Å². The Bertz CT molecular complexity index is 2370. The summed E-state index contributed by atoms with van der Waals surface area (Å²) in [5.41, 5.74) is -1.55. The summed E-state index contributed by atoms with van der Waals surface area (Å²) in [6.07, 6.45) is -22.9. The van der Waals surface area contributed by atoms with Crippen molar-refractivity contribution >= 4 is 23.9 Å². The largest absolute Gasteiger partial charge is 0.479 e. The number of hydrogen-bond acceptors (Lipinski definition) is 23. The second-order valence-corrected chi connectivity index (χ2v) is 27.0. The zero-order valence-electron chi connectivity index (χ0n) is 48.0. The Kier molecular flexibility index (Phi) is 17.5. The van der Waals surface area contributed by atoms with Crippen molar-refractivity contribution in [1.82, 2.24) is 0 Å². The number of rotatable bonds is 12. The van der Waals surface area contributed by atoms with Crippen LogP contribution in [0.4, 0.5) is 0 Å². The molecule has 0 bridgehead atoms. The molecule has 0 aromatic heterocycles. The predicted octanol–water partition coefficient (Wildman–Crippen LogP) is 0.865. The van der Waals surface area contributed by atoms with Crippen LogP contribution < -0.4 is 0 Å². The number of carboxylic acid groups (broad SMARTS) is 1. The Morgan fingerprint density at radius 1 is 0.617 bits per heavy atom. The number of aliphatic hydroxyl groups is 9. The van der Waals surface area contributed by atoms with Gasteiger partial charge in [-0.1, -0.05) is 60.1 Å². The first-order chi connectivity index (χ1) is 37.8. The first kappa shape index (κ1) is 62.5. The summed E-state index contributed by atoms with van der Waals surface area (Å²) in [4.78, 5) is 51.9. The third kappa shape index (κ3) is 10.7. The van der Waals surface area contributed by atoms with Crippen molar-refractivity contribution in [2.75, 3.05) is 13.2 Å². The Morgan fingerprint density at radius 3 is 1.91 bits per heavy atom. The van der Waals surface area contributed by atoms with Gasteiger partial charge in [-0.25, -0.2) is 4.79 Å². The second kappa shape index (κ2) is 22.7. The smallest absolute Gasteiger partial charge is 0.335 e. The summed E-state index contributed by atoms with van der Waals surface area (Å²) in [5, 5.41) is 109. The van der Waals surface area contributed by atoms with Gasteiger partial charge in [-0.2, -0.15) is 0 Å². The fraction of sp³-hybridized carbons (Fsp3) is 0.895. The normalized spacial score (nSPS) is 50.2. The topological polar surface area (TPSA) is 363 Å². The third-order valence-corrected chi connectivity index (χ3v) is 21.5. The fourth-order valence-corrected chi connectivity index (χ4v) is 16.8. The number of hydrogen-bond donors (Lipinski definition) is 10. The van der Waals surface area contributed by atoms with Crippen molar-refractivity contribution < 1.29 is 118 Å². The van der Waals surface area contributed by atoms with Gasteiger partial charge in [-0.15, -0.1) is 0 Å². The first-order valence-electron chi connectivity index (χ1n) is 28.9. The molecule has 8 fully saturated rings. The minimum atomic E-state index is -1.94. The van der Waals surface area contributed by atoms with Gasteiger partial charge in [-0.3, -0.25) is 14.4 Å². The monoisotopic (exact) mass is 1160 g/mol. The van der Waals surface area contributed by atoms with Crippen LogP contribution in [0, 0.1) is 50.2 Å². The molecule has 4 saturated carbocycles. The highest BCUT2D eigenvalue weighted by molar-refractivity contribution is 5.79.